The smallest absolute Gasteiger partial charge is 0.256 e. The Balaban J connectivity index is 2.67. The maximum absolute atomic E-state index is 13.8. The highest BCUT2D eigenvalue weighted by Gasteiger charge is 2.18. The predicted molar refractivity (Wildman–Crippen MR) is 87.6 cm³/mol. The minimum absolute atomic E-state index is 0.104. The molecular weight excluding hydrogens is 287 g/mol. The number of nitrogens with zero attached hydrogens (tertiary/aromatic N) is 2. The maximum Gasteiger partial charge on any atom is 0.256 e. The van der Waals surface area contributed by atoms with Crippen molar-refractivity contribution in [3.63, 3.8) is 0 Å². The molecule has 0 aliphatic carbocycles. The summed E-state index contributed by atoms with van der Waals surface area (Å²) in [5, 5.41) is 0. The second kappa shape index (κ2) is 9.05. The molecule has 0 radical (unpaired) electrons. The van der Waals surface area contributed by atoms with Crippen molar-refractivity contribution in [2.75, 3.05) is 32.7 Å². The molecule has 0 aromatic heterocycles. The highest BCUT2D eigenvalue weighted by atomic mass is 32.1. The van der Waals surface area contributed by atoms with Gasteiger partial charge in [-0.05, 0) is 51.2 Å². The van der Waals surface area contributed by atoms with Gasteiger partial charge in [0, 0.05) is 18.0 Å². The lowest BCUT2D eigenvalue weighted by atomic mass is 10.1. The van der Waals surface area contributed by atoms with Crippen LogP contribution < -0.4 is 0 Å². The molecule has 0 aliphatic rings. The van der Waals surface area contributed by atoms with Crippen molar-refractivity contribution >= 4 is 18.5 Å². The Morgan fingerprint density at radius 2 is 1.81 bits per heavy atom. The zero-order valence-corrected chi connectivity index (χ0v) is 14.0. The van der Waals surface area contributed by atoms with Crippen LogP contribution in [-0.2, 0) is 0 Å². The van der Waals surface area contributed by atoms with E-state index in [0.717, 1.165) is 26.1 Å². The van der Waals surface area contributed by atoms with Gasteiger partial charge in [0.2, 0.25) is 0 Å². The van der Waals surface area contributed by atoms with Gasteiger partial charge in [0.25, 0.3) is 5.91 Å². The molecule has 1 amide bonds. The highest BCUT2D eigenvalue weighted by molar-refractivity contribution is 7.80. The molecule has 0 bridgehead atoms. The van der Waals surface area contributed by atoms with Gasteiger partial charge >= 0.3 is 0 Å². The van der Waals surface area contributed by atoms with Crippen LogP contribution in [0.2, 0.25) is 0 Å². The van der Waals surface area contributed by atoms with E-state index in [9.17, 15) is 9.18 Å². The second-order valence-corrected chi connectivity index (χ2v) is 5.45. The Morgan fingerprint density at radius 3 is 2.38 bits per heavy atom. The molecule has 0 aliphatic heterocycles. The standard InChI is InChI=1S/C16H25FN2OS/c1-4-18(5-2)10-7-11-19(6-3)16(20)14-12-13(21)8-9-15(14)17/h8-9,12,21H,4-7,10-11H2,1-3H3. The number of halogens is 1. The number of hydrogen-bond acceptors (Lipinski definition) is 3. The number of carbonyl (C=O) groups excluding carboxylic acids is 1. The molecular formula is C16H25FN2OS. The Morgan fingerprint density at radius 1 is 1.14 bits per heavy atom. The fourth-order valence-electron chi connectivity index (χ4n) is 2.28. The number of benzene rings is 1. The number of rotatable bonds is 8. The molecule has 1 rings (SSSR count). The van der Waals surface area contributed by atoms with Gasteiger partial charge in [-0.3, -0.25) is 4.79 Å². The van der Waals surface area contributed by atoms with E-state index in [2.05, 4.69) is 31.4 Å². The van der Waals surface area contributed by atoms with Crippen LogP contribution in [0.25, 0.3) is 0 Å². The number of carbonyl (C=O) groups is 1. The summed E-state index contributed by atoms with van der Waals surface area (Å²) < 4.78 is 13.8. The van der Waals surface area contributed by atoms with Crippen molar-refractivity contribution in [1.29, 1.82) is 0 Å². The van der Waals surface area contributed by atoms with Gasteiger partial charge < -0.3 is 9.80 Å². The van der Waals surface area contributed by atoms with Gasteiger partial charge in [0.15, 0.2) is 0 Å². The van der Waals surface area contributed by atoms with Crippen LogP contribution in [-0.4, -0.2) is 48.4 Å². The van der Waals surface area contributed by atoms with Crippen LogP contribution in [0.3, 0.4) is 0 Å². The van der Waals surface area contributed by atoms with Crippen molar-refractivity contribution in [2.24, 2.45) is 0 Å². The third-order valence-corrected chi connectivity index (χ3v) is 3.92. The van der Waals surface area contributed by atoms with Crippen molar-refractivity contribution in [3.8, 4) is 0 Å². The van der Waals surface area contributed by atoms with E-state index in [1.54, 1.807) is 11.0 Å². The minimum Gasteiger partial charge on any atom is -0.339 e. The first-order valence-corrected chi connectivity index (χ1v) is 7.98. The summed E-state index contributed by atoms with van der Waals surface area (Å²) in [5.41, 5.74) is 0.104. The molecule has 0 spiro atoms. The Bertz CT molecular complexity index is 464. The number of hydrogen-bond donors (Lipinski definition) is 1. The van der Waals surface area contributed by atoms with Crippen LogP contribution in [0, 0.1) is 5.82 Å². The van der Waals surface area contributed by atoms with E-state index < -0.39 is 5.82 Å². The first-order valence-electron chi connectivity index (χ1n) is 7.53. The van der Waals surface area contributed by atoms with Crippen LogP contribution >= 0.6 is 12.6 Å². The SMILES string of the molecule is CCN(CC)CCCN(CC)C(=O)c1cc(S)ccc1F. The summed E-state index contributed by atoms with van der Waals surface area (Å²) in [6.45, 7) is 10.3. The first kappa shape index (κ1) is 18.0. The molecule has 0 saturated carbocycles. The molecule has 3 nitrogen and oxygen atoms in total. The van der Waals surface area contributed by atoms with Gasteiger partial charge in [-0.25, -0.2) is 4.39 Å². The average Bonchev–Trinajstić information content (AvgIpc) is 2.49. The van der Waals surface area contributed by atoms with E-state index in [0.29, 0.717) is 18.0 Å². The molecule has 0 fully saturated rings. The fourth-order valence-corrected chi connectivity index (χ4v) is 2.48. The summed E-state index contributed by atoms with van der Waals surface area (Å²) in [6, 6.07) is 4.33. The number of thiol groups is 1. The highest BCUT2D eigenvalue weighted by Crippen LogP contribution is 2.16. The Kier molecular flexibility index (Phi) is 7.75. The van der Waals surface area contributed by atoms with E-state index >= 15 is 0 Å². The van der Waals surface area contributed by atoms with Crippen LogP contribution in [0.15, 0.2) is 23.1 Å². The first-order chi connectivity index (χ1) is 10.0. The summed E-state index contributed by atoms with van der Waals surface area (Å²) in [4.78, 5) is 17.0. The Hall–Kier alpha value is -1.07. The molecule has 0 atom stereocenters. The fraction of sp³-hybridized carbons (Fsp3) is 0.562. The molecule has 118 valence electrons. The van der Waals surface area contributed by atoms with E-state index in [1.165, 1.54) is 12.1 Å². The molecule has 0 N–H and O–H groups in total. The molecule has 0 saturated heterocycles. The maximum atomic E-state index is 13.8. The van der Waals surface area contributed by atoms with Gasteiger partial charge in [0.05, 0.1) is 5.56 Å². The molecule has 1 aromatic rings. The quantitative estimate of drug-likeness (QED) is 0.745. The lowest BCUT2D eigenvalue weighted by Gasteiger charge is -2.24. The summed E-state index contributed by atoms with van der Waals surface area (Å²) in [7, 11) is 0. The molecule has 1 aromatic carbocycles. The van der Waals surface area contributed by atoms with E-state index in [1.807, 2.05) is 6.92 Å². The van der Waals surface area contributed by atoms with Crippen molar-refractivity contribution in [2.45, 2.75) is 32.1 Å². The topological polar surface area (TPSA) is 23.6 Å². The van der Waals surface area contributed by atoms with Gasteiger partial charge in [-0.15, -0.1) is 12.6 Å². The molecule has 0 heterocycles. The second-order valence-electron chi connectivity index (χ2n) is 4.93. The van der Waals surface area contributed by atoms with E-state index in [-0.39, 0.29) is 11.5 Å². The Labute approximate surface area is 132 Å². The number of amides is 1. The summed E-state index contributed by atoms with van der Waals surface area (Å²) in [5.74, 6) is -0.745. The van der Waals surface area contributed by atoms with Crippen molar-refractivity contribution < 1.29 is 9.18 Å². The van der Waals surface area contributed by atoms with Gasteiger partial charge in [-0.2, -0.15) is 0 Å². The molecule has 0 unspecified atom stereocenters. The molecule has 5 heteroatoms. The van der Waals surface area contributed by atoms with Gasteiger partial charge in [-0.1, -0.05) is 13.8 Å². The molecule has 21 heavy (non-hydrogen) atoms. The van der Waals surface area contributed by atoms with Crippen LogP contribution in [0.5, 0.6) is 0 Å². The third kappa shape index (κ3) is 5.32. The normalized spacial score (nSPS) is 11.0. The lowest BCUT2D eigenvalue weighted by molar-refractivity contribution is 0.0752. The van der Waals surface area contributed by atoms with Crippen LogP contribution in [0.1, 0.15) is 37.6 Å². The summed E-state index contributed by atoms with van der Waals surface area (Å²) in [6.07, 6.45) is 0.892. The minimum atomic E-state index is -0.486. The van der Waals surface area contributed by atoms with Crippen molar-refractivity contribution in [3.05, 3.63) is 29.6 Å². The predicted octanol–water partition coefficient (Wildman–Crippen LogP) is 3.31. The zero-order chi connectivity index (χ0) is 15.8. The third-order valence-electron chi connectivity index (χ3n) is 3.65. The van der Waals surface area contributed by atoms with Gasteiger partial charge in [0.1, 0.15) is 5.82 Å². The average molecular weight is 312 g/mol. The van der Waals surface area contributed by atoms with Crippen LogP contribution in [0.4, 0.5) is 4.39 Å². The zero-order valence-electron chi connectivity index (χ0n) is 13.1. The van der Waals surface area contributed by atoms with E-state index in [4.69, 9.17) is 0 Å². The monoisotopic (exact) mass is 312 g/mol. The largest absolute Gasteiger partial charge is 0.339 e. The lowest BCUT2D eigenvalue weighted by Crippen LogP contribution is -2.34. The van der Waals surface area contributed by atoms with Crippen molar-refractivity contribution in [1.82, 2.24) is 9.80 Å². The summed E-state index contributed by atoms with van der Waals surface area (Å²) >= 11 is 4.17.